The van der Waals surface area contributed by atoms with Gasteiger partial charge in [0.05, 0.1) is 18.8 Å². The first-order valence-corrected chi connectivity index (χ1v) is 17.8. The van der Waals surface area contributed by atoms with Gasteiger partial charge in [-0.25, -0.2) is 4.79 Å². The summed E-state index contributed by atoms with van der Waals surface area (Å²) in [7, 11) is 0. The van der Waals surface area contributed by atoms with E-state index in [1.807, 2.05) is 42.7 Å². The fourth-order valence-electron chi connectivity index (χ4n) is 5.44. The van der Waals surface area contributed by atoms with Crippen molar-refractivity contribution in [3.8, 4) is 16.9 Å². The van der Waals surface area contributed by atoms with Crippen molar-refractivity contribution in [2.75, 3.05) is 25.4 Å². The molecule has 0 bridgehead atoms. The third-order valence-corrected chi connectivity index (χ3v) is 10.1. The second-order valence-electron chi connectivity index (χ2n) is 12.4. The van der Waals surface area contributed by atoms with E-state index in [-0.39, 0.29) is 12.1 Å². The molecule has 1 heterocycles. The van der Waals surface area contributed by atoms with E-state index in [1.165, 1.54) is 5.56 Å². The number of para-hydroxylation sites is 1. The number of ether oxygens (including phenoxy) is 1. The first-order chi connectivity index (χ1) is 23.2. The Morgan fingerprint density at radius 2 is 1.77 bits per heavy atom. The van der Waals surface area contributed by atoms with Crippen LogP contribution < -0.4 is 20.7 Å². The third-order valence-electron chi connectivity index (χ3n) is 8.64. The van der Waals surface area contributed by atoms with Crippen molar-refractivity contribution in [3.63, 3.8) is 0 Å². The van der Waals surface area contributed by atoms with Gasteiger partial charge >= 0.3 is 6.03 Å². The number of urea groups is 1. The number of aliphatic hydroxyl groups excluding tert-OH is 5. The molecule has 0 radical (unpaired) electrons. The summed E-state index contributed by atoms with van der Waals surface area (Å²) in [5, 5.41) is 57.3. The predicted molar refractivity (Wildman–Crippen MR) is 185 cm³/mol. The quantitative estimate of drug-likeness (QED) is 0.0684. The van der Waals surface area contributed by atoms with Gasteiger partial charge in [-0.1, -0.05) is 29.8 Å². The van der Waals surface area contributed by atoms with Crippen LogP contribution in [0.25, 0.3) is 11.1 Å². The van der Waals surface area contributed by atoms with Gasteiger partial charge in [-0.3, -0.25) is 4.98 Å². The maximum Gasteiger partial charge on any atom is 0.314 e. The van der Waals surface area contributed by atoms with Crippen LogP contribution in [0, 0.1) is 0 Å². The number of rotatable bonds is 19. The highest BCUT2D eigenvalue weighted by Gasteiger charge is 2.46. The Morgan fingerprint density at radius 3 is 2.52 bits per heavy atom. The number of benzene rings is 2. The van der Waals surface area contributed by atoms with Crippen LogP contribution in [0.1, 0.15) is 49.7 Å². The van der Waals surface area contributed by atoms with Gasteiger partial charge < -0.3 is 46.2 Å². The Morgan fingerprint density at radius 1 is 1.00 bits per heavy atom. The molecule has 2 amide bonds. The van der Waals surface area contributed by atoms with E-state index in [2.05, 4.69) is 39.1 Å². The van der Waals surface area contributed by atoms with E-state index in [9.17, 15) is 25.2 Å². The zero-order valence-corrected chi connectivity index (χ0v) is 28.3. The highest BCUT2D eigenvalue weighted by atomic mass is 35.5. The summed E-state index contributed by atoms with van der Waals surface area (Å²) >= 11 is 8.36. The van der Waals surface area contributed by atoms with Gasteiger partial charge in [0.25, 0.3) is 0 Å². The van der Waals surface area contributed by atoms with Crippen molar-refractivity contribution in [2.45, 2.75) is 86.0 Å². The van der Waals surface area contributed by atoms with Gasteiger partial charge in [-0.05, 0) is 91.3 Å². The average Bonchev–Trinajstić information content (AvgIpc) is 4.05. The topological polar surface area (TPSA) is 176 Å². The molecular weight excluding hydrogens is 656 g/mol. The van der Waals surface area contributed by atoms with Crippen molar-refractivity contribution in [2.24, 2.45) is 0 Å². The fraction of sp³-hybridized carbons (Fsp3) is 0.486. The molecule has 2 aliphatic rings. The molecule has 1 aromatic heterocycles. The van der Waals surface area contributed by atoms with Gasteiger partial charge in [0.1, 0.15) is 24.1 Å². The molecule has 0 spiro atoms. The lowest BCUT2D eigenvalue weighted by atomic mass is 9.94. The molecule has 2 aromatic carbocycles. The Hall–Kier alpha value is -2.94. The maximum absolute atomic E-state index is 12.0. The summed E-state index contributed by atoms with van der Waals surface area (Å²) in [4.78, 5) is 17.6. The smallest absolute Gasteiger partial charge is 0.314 e. The zero-order chi connectivity index (χ0) is 34.1. The highest BCUT2D eigenvalue weighted by molar-refractivity contribution is 7.99. The Bertz CT molecular complexity index is 1510. The molecule has 5 rings (SSSR count). The van der Waals surface area contributed by atoms with Crippen LogP contribution in [0.4, 0.5) is 4.79 Å². The summed E-state index contributed by atoms with van der Waals surface area (Å²) in [6.45, 7) is -0.0652. The number of hydrogen-bond donors (Lipinski definition) is 8. The van der Waals surface area contributed by atoms with Crippen LogP contribution in [-0.4, -0.2) is 92.5 Å². The van der Waals surface area contributed by atoms with Gasteiger partial charge in [-0.15, -0.1) is 11.8 Å². The molecule has 13 heteroatoms. The number of nitrogens with zero attached hydrogens (tertiary/aromatic N) is 1. The third kappa shape index (κ3) is 9.82. The molecule has 0 saturated heterocycles. The molecule has 2 fully saturated rings. The predicted octanol–water partition coefficient (Wildman–Crippen LogP) is 3.33. The van der Waals surface area contributed by atoms with E-state index < -0.39 is 37.1 Å². The average molecular weight is 701 g/mol. The summed E-state index contributed by atoms with van der Waals surface area (Å²) in [6, 6.07) is 15.9. The monoisotopic (exact) mass is 700 g/mol. The highest BCUT2D eigenvalue weighted by Crippen LogP contribution is 2.50. The van der Waals surface area contributed by atoms with E-state index >= 15 is 0 Å². The number of hydrogen-bond acceptors (Lipinski definition) is 10. The molecular formula is C35H45ClN4O7S. The van der Waals surface area contributed by atoms with Gasteiger partial charge in [0.2, 0.25) is 0 Å². The number of aliphatic hydroxyl groups is 5. The molecule has 0 aliphatic heterocycles. The van der Waals surface area contributed by atoms with Gasteiger partial charge in [0.15, 0.2) is 0 Å². The SMILES string of the molecule is O=C(NCCCCSc1ccc(Cl)c(CNC2(c3cnccc3-c3ccccc3OC3CC3)CC2)c1)NC[C@H](O)[C@@H](O)[C@H](O)[C@H](O)CO. The number of thioether (sulfide) groups is 1. The Labute approximate surface area is 290 Å². The van der Waals surface area contributed by atoms with Crippen LogP contribution >= 0.6 is 23.4 Å². The molecule has 3 aromatic rings. The second kappa shape index (κ2) is 17.1. The Balaban J connectivity index is 1.06. The summed E-state index contributed by atoms with van der Waals surface area (Å²) < 4.78 is 6.24. The standard InChI is InChI=1S/C35H45ClN4O7S/c36-28-10-9-24(48-16-4-3-14-38-34(46)39-20-29(42)32(44)33(45)30(43)21-41)17-22(28)18-40-35(12-13-35)27-19-37-15-11-25(27)26-5-1-2-6-31(26)47-23-7-8-23/h1-2,5-6,9-11,15,17,19,23,29-30,32-33,40-45H,3-4,7-8,12-14,16,18,20-21H2,(H2,38,39,46)/t29-,30+,32+,33+/m0/s1. The minimum atomic E-state index is -1.74. The minimum absolute atomic E-state index is 0.177. The minimum Gasteiger partial charge on any atom is -0.490 e. The number of nitrogens with one attached hydrogen (secondary N) is 3. The molecule has 4 atom stereocenters. The summed E-state index contributed by atoms with van der Waals surface area (Å²) in [5.41, 5.74) is 4.25. The first kappa shape index (κ1) is 36.3. The number of halogens is 1. The Kier molecular flexibility index (Phi) is 13.0. The van der Waals surface area contributed by atoms with E-state index in [4.69, 9.17) is 21.4 Å². The largest absolute Gasteiger partial charge is 0.490 e. The normalized spacial score (nSPS) is 17.6. The van der Waals surface area contributed by atoms with Crippen molar-refractivity contribution in [1.82, 2.24) is 20.9 Å². The maximum atomic E-state index is 12.0. The van der Waals surface area contributed by atoms with Gasteiger partial charge in [-0.2, -0.15) is 0 Å². The molecule has 260 valence electrons. The lowest BCUT2D eigenvalue weighted by Gasteiger charge is -2.25. The second-order valence-corrected chi connectivity index (χ2v) is 14.0. The number of aromatic nitrogens is 1. The number of unbranched alkanes of at least 4 members (excludes halogenated alkanes) is 1. The molecule has 0 unspecified atom stereocenters. The summed E-state index contributed by atoms with van der Waals surface area (Å²) in [5.74, 6) is 1.76. The summed E-state index contributed by atoms with van der Waals surface area (Å²) in [6.07, 6.45) is 3.37. The molecule has 2 aliphatic carbocycles. The number of pyridine rings is 1. The zero-order valence-electron chi connectivity index (χ0n) is 26.7. The molecule has 48 heavy (non-hydrogen) atoms. The lowest BCUT2D eigenvalue weighted by molar-refractivity contribution is -0.113. The van der Waals surface area contributed by atoms with Crippen LogP contribution in [0.3, 0.4) is 0 Å². The van der Waals surface area contributed by atoms with Crippen LogP contribution in [0.5, 0.6) is 5.75 Å². The van der Waals surface area contributed by atoms with E-state index in [1.54, 1.807) is 11.8 Å². The van der Waals surface area contributed by atoms with E-state index in [0.29, 0.717) is 24.2 Å². The lowest BCUT2D eigenvalue weighted by Crippen LogP contribution is -2.50. The van der Waals surface area contributed by atoms with Crippen LogP contribution in [0.2, 0.25) is 5.02 Å². The number of carbonyl (C=O) groups excluding carboxylic acids is 1. The van der Waals surface area contributed by atoms with Crippen molar-refractivity contribution in [3.05, 3.63) is 77.1 Å². The number of amides is 2. The van der Waals surface area contributed by atoms with Crippen molar-refractivity contribution >= 4 is 29.4 Å². The van der Waals surface area contributed by atoms with Crippen molar-refractivity contribution < 1.29 is 35.1 Å². The number of carbonyl (C=O) groups is 1. The van der Waals surface area contributed by atoms with E-state index in [0.717, 1.165) is 71.6 Å². The molecule has 2 saturated carbocycles. The first-order valence-electron chi connectivity index (χ1n) is 16.4. The van der Waals surface area contributed by atoms with Crippen LogP contribution in [0.15, 0.2) is 65.8 Å². The fourth-order valence-corrected chi connectivity index (χ4v) is 6.60. The van der Waals surface area contributed by atoms with Gasteiger partial charge in [0, 0.05) is 53.0 Å². The molecule has 11 nitrogen and oxygen atoms in total. The molecule has 8 N–H and O–H groups in total. The van der Waals surface area contributed by atoms with Crippen LogP contribution in [-0.2, 0) is 12.1 Å². The van der Waals surface area contributed by atoms with Crippen molar-refractivity contribution in [1.29, 1.82) is 0 Å².